The molecule has 5 nitrogen and oxygen atoms in total. The number of hydrogen-bond donors (Lipinski definition) is 1. The molecule has 0 aliphatic carbocycles. The van der Waals surface area contributed by atoms with Gasteiger partial charge in [-0.15, -0.1) is 0 Å². The van der Waals surface area contributed by atoms with Gasteiger partial charge in [0.05, 0.1) is 16.1 Å². The van der Waals surface area contributed by atoms with E-state index in [2.05, 4.69) is 22.2 Å². The Morgan fingerprint density at radius 1 is 1.33 bits per heavy atom. The van der Waals surface area contributed by atoms with E-state index >= 15 is 0 Å². The molecule has 3 rings (SSSR count). The number of hydrogen-bond acceptors (Lipinski definition) is 3. The summed E-state index contributed by atoms with van der Waals surface area (Å²) in [5, 5.41) is 3.95. The average molecular weight is 407 g/mol. The fourth-order valence-corrected chi connectivity index (χ4v) is 4.01. The molecule has 0 spiro atoms. The lowest BCUT2D eigenvalue weighted by atomic mass is 10.0. The van der Waals surface area contributed by atoms with Gasteiger partial charge in [-0.1, -0.05) is 41.4 Å². The van der Waals surface area contributed by atoms with Gasteiger partial charge in [-0.2, -0.15) is 0 Å². The molecule has 2 amide bonds. The van der Waals surface area contributed by atoms with E-state index in [9.17, 15) is 4.79 Å². The Morgan fingerprint density at radius 2 is 2.11 bits per heavy atom. The summed E-state index contributed by atoms with van der Waals surface area (Å²) in [7, 11) is 3.91. The van der Waals surface area contributed by atoms with Gasteiger partial charge >= 0.3 is 6.03 Å². The van der Waals surface area contributed by atoms with Crippen LogP contribution >= 0.6 is 23.2 Å². The average Bonchev–Trinajstić information content (AvgIpc) is 3.10. The van der Waals surface area contributed by atoms with Crippen LogP contribution in [0.3, 0.4) is 0 Å². The molecule has 1 aromatic heterocycles. The standard InChI is InChI=1S/C20H24Cl2N4O/c1-13(24-20(27)26(3)15-8-10-25(2)12-15)16-6-7-17(19(22)18(16)21)14-5-4-9-23-11-14/h4-7,9,11,13,15H,8,10,12H2,1-3H3,(H,24,27). The van der Waals surface area contributed by atoms with Crippen LogP contribution in [0.25, 0.3) is 11.1 Å². The summed E-state index contributed by atoms with van der Waals surface area (Å²) in [4.78, 5) is 20.7. The molecule has 1 saturated heterocycles. The van der Waals surface area contributed by atoms with E-state index in [1.165, 1.54) is 0 Å². The van der Waals surface area contributed by atoms with Gasteiger partial charge in [-0.3, -0.25) is 4.98 Å². The maximum Gasteiger partial charge on any atom is 0.317 e. The molecular weight excluding hydrogens is 383 g/mol. The number of benzene rings is 1. The molecular formula is C20H24Cl2N4O. The van der Waals surface area contributed by atoms with Crippen molar-refractivity contribution in [3.63, 3.8) is 0 Å². The fourth-order valence-electron chi connectivity index (χ4n) is 3.40. The molecule has 1 aliphatic rings. The summed E-state index contributed by atoms with van der Waals surface area (Å²) in [6.07, 6.45) is 4.45. The van der Waals surface area contributed by atoms with Crippen LogP contribution in [0.4, 0.5) is 4.79 Å². The summed E-state index contributed by atoms with van der Waals surface area (Å²) in [6, 6.07) is 7.48. The van der Waals surface area contributed by atoms with Crippen LogP contribution in [0.2, 0.25) is 10.0 Å². The molecule has 0 radical (unpaired) electrons. The third-order valence-corrected chi connectivity index (χ3v) is 6.02. The van der Waals surface area contributed by atoms with E-state index in [1.54, 1.807) is 17.3 Å². The van der Waals surface area contributed by atoms with Crippen molar-refractivity contribution in [1.82, 2.24) is 20.1 Å². The number of likely N-dealkylation sites (tertiary alicyclic amines) is 1. The van der Waals surface area contributed by atoms with E-state index in [4.69, 9.17) is 23.2 Å². The van der Waals surface area contributed by atoms with Crippen LogP contribution in [0, 0.1) is 0 Å². The quantitative estimate of drug-likeness (QED) is 0.814. The zero-order valence-electron chi connectivity index (χ0n) is 15.7. The van der Waals surface area contributed by atoms with Crippen molar-refractivity contribution in [1.29, 1.82) is 0 Å². The molecule has 144 valence electrons. The van der Waals surface area contributed by atoms with Gasteiger partial charge in [0.2, 0.25) is 0 Å². The molecule has 1 N–H and O–H groups in total. The Hall–Kier alpha value is -1.82. The first-order valence-electron chi connectivity index (χ1n) is 8.98. The Balaban J connectivity index is 1.74. The third kappa shape index (κ3) is 4.37. The number of halogens is 2. The summed E-state index contributed by atoms with van der Waals surface area (Å²) in [5.74, 6) is 0. The van der Waals surface area contributed by atoms with E-state index in [1.807, 2.05) is 38.2 Å². The third-order valence-electron chi connectivity index (χ3n) is 5.13. The summed E-state index contributed by atoms with van der Waals surface area (Å²) in [5.41, 5.74) is 2.51. The van der Waals surface area contributed by atoms with Crippen molar-refractivity contribution in [2.75, 3.05) is 27.2 Å². The highest BCUT2D eigenvalue weighted by Gasteiger charge is 2.27. The molecule has 1 aromatic carbocycles. The minimum absolute atomic E-state index is 0.105. The second-order valence-corrected chi connectivity index (χ2v) is 7.81. The normalized spacial score (nSPS) is 18.3. The number of carbonyl (C=O) groups is 1. The fraction of sp³-hybridized carbons (Fsp3) is 0.400. The smallest absolute Gasteiger partial charge is 0.317 e. The highest BCUT2D eigenvalue weighted by atomic mass is 35.5. The van der Waals surface area contributed by atoms with Crippen molar-refractivity contribution >= 4 is 29.2 Å². The second kappa shape index (κ2) is 8.46. The van der Waals surface area contributed by atoms with Crippen LogP contribution in [-0.2, 0) is 0 Å². The van der Waals surface area contributed by atoms with Gasteiger partial charge in [-0.05, 0) is 38.6 Å². The predicted molar refractivity (Wildman–Crippen MR) is 110 cm³/mol. The molecule has 2 unspecified atom stereocenters. The number of carbonyl (C=O) groups excluding carboxylic acids is 1. The number of nitrogens with zero attached hydrogens (tertiary/aromatic N) is 3. The van der Waals surface area contributed by atoms with Crippen molar-refractivity contribution < 1.29 is 4.79 Å². The lowest BCUT2D eigenvalue weighted by Crippen LogP contribution is -2.45. The maximum atomic E-state index is 12.6. The number of urea groups is 1. The number of nitrogens with one attached hydrogen (secondary N) is 1. The molecule has 7 heteroatoms. The van der Waals surface area contributed by atoms with Gasteiger partial charge in [0, 0.05) is 43.2 Å². The molecule has 0 saturated carbocycles. The topological polar surface area (TPSA) is 48.5 Å². The molecule has 27 heavy (non-hydrogen) atoms. The minimum atomic E-state index is -0.257. The molecule has 2 heterocycles. The number of aromatic nitrogens is 1. The molecule has 2 aromatic rings. The number of likely N-dealkylation sites (N-methyl/N-ethyl adjacent to an activating group) is 2. The monoisotopic (exact) mass is 406 g/mol. The van der Waals surface area contributed by atoms with Gasteiger partial charge in [0.1, 0.15) is 0 Å². The van der Waals surface area contributed by atoms with Gasteiger partial charge in [0.15, 0.2) is 0 Å². The van der Waals surface area contributed by atoms with Crippen LogP contribution in [-0.4, -0.2) is 54.0 Å². The lowest BCUT2D eigenvalue weighted by Gasteiger charge is -2.27. The van der Waals surface area contributed by atoms with E-state index in [0.717, 1.165) is 36.2 Å². The first kappa shape index (κ1) is 19.9. The summed E-state index contributed by atoms with van der Waals surface area (Å²) < 4.78 is 0. The van der Waals surface area contributed by atoms with Crippen LogP contribution in [0.5, 0.6) is 0 Å². The highest BCUT2D eigenvalue weighted by molar-refractivity contribution is 6.44. The first-order chi connectivity index (χ1) is 12.9. The van der Waals surface area contributed by atoms with Crippen molar-refractivity contribution in [2.24, 2.45) is 0 Å². The molecule has 1 aliphatic heterocycles. The molecule has 1 fully saturated rings. The molecule has 2 atom stereocenters. The first-order valence-corrected chi connectivity index (χ1v) is 9.74. The van der Waals surface area contributed by atoms with Gasteiger partial charge in [0.25, 0.3) is 0 Å². The van der Waals surface area contributed by atoms with Crippen LogP contribution in [0.1, 0.15) is 24.9 Å². The van der Waals surface area contributed by atoms with Crippen LogP contribution < -0.4 is 5.32 Å². The Labute approximate surface area is 170 Å². The summed E-state index contributed by atoms with van der Waals surface area (Å²) in [6.45, 7) is 3.81. The summed E-state index contributed by atoms with van der Waals surface area (Å²) >= 11 is 13.0. The van der Waals surface area contributed by atoms with Crippen molar-refractivity contribution in [2.45, 2.75) is 25.4 Å². The predicted octanol–water partition coefficient (Wildman–Crippen LogP) is 4.46. The Morgan fingerprint density at radius 3 is 2.74 bits per heavy atom. The van der Waals surface area contributed by atoms with Gasteiger partial charge < -0.3 is 15.1 Å². The maximum absolute atomic E-state index is 12.6. The van der Waals surface area contributed by atoms with E-state index in [-0.39, 0.29) is 18.1 Å². The number of amides is 2. The van der Waals surface area contributed by atoms with E-state index < -0.39 is 0 Å². The lowest BCUT2D eigenvalue weighted by molar-refractivity contribution is 0.187. The highest BCUT2D eigenvalue weighted by Crippen LogP contribution is 2.37. The van der Waals surface area contributed by atoms with E-state index in [0.29, 0.717) is 10.0 Å². The van der Waals surface area contributed by atoms with Crippen molar-refractivity contribution in [3.8, 4) is 11.1 Å². The SMILES string of the molecule is CC(NC(=O)N(C)C1CCN(C)C1)c1ccc(-c2cccnc2)c(Cl)c1Cl. The Bertz CT molecular complexity index is 815. The molecule has 0 bridgehead atoms. The number of pyridine rings is 1. The minimum Gasteiger partial charge on any atom is -0.331 e. The van der Waals surface area contributed by atoms with Crippen LogP contribution in [0.15, 0.2) is 36.7 Å². The van der Waals surface area contributed by atoms with Gasteiger partial charge in [-0.25, -0.2) is 4.79 Å². The second-order valence-electron chi connectivity index (χ2n) is 7.06. The number of rotatable bonds is 4. The zero-order valence-corrected chi connectivity index (χ0v) is 17.3. The Kier molecular flexibility index (Phi) is 6.25. The van der Waals surface area contributed by atoms with Crippen molar-refractivity contribution in [3.05, 3.63) is 52.3 Å². The zero-order chi connectivity index (χ0) is 19.6. The largest absolute Gasteiger partial charge is 0.331 e.